The number of aromatic nitrogens is 2. The van der Waals surface area contributed by atoms with Crippen LogP contribution in [0, 0.1) is 11.3 Å². The van der Waals surface area contributed by atoms with Gasteiger partial charge in [0.25, 0.3) is 0 Å². The number of ether oxygens (including phenoxy) is 1. The van der Waals surface area contributed by atoms with Crippen molar-refractivity contribution in [3.8, 4) is 11.8 Å². The number of hydrogen-bond donors (Lipinski definition) is 2. The fourth-order valence-corrected chi connectivity index (χ4v) is 2.60. The Balaban J connectivity index is 1.89. The molecule has 3 rings (SSSR count). The van der Waals surface area contributed by atoms with Crippen molar-refractivity contribution in [3.63, 3.8) is 0 Å². The van der Waals surface area contributed by atoms with Gasteiger partial charge in [-0.05, 0) is 49.7 Å². The van der Waals surface area contributed by atoms with E-state index >= 15 is 0 Å². The molecule has 0 aliphatic rings. The van der Waals surface area contributed by atoms with Crippen LogP contribution in [0.25, 0.3) is 0 Å². The third kappa shape index (κ3) is 5.85. The Morgan fingerprint density at radius 1 is 1.10 bits per heavy atom. The van der Waals surface area contributed by atoms with Crippen LogP contribution in [0.2, 0.25) is 0 Å². The molecule has 0 fully saturated rings. The number of hydrogen-bond acceptors (Lipinski definition) is 6. The first-order valence-corrected chi connectivity index (χ1v) is 9.53. The van der Waals surface area contributed by atoms with Crippen molar-refractivity contribution >= 4 is 23.1 Å². The molecule has 0 aliphatic heterocycles. The third-order valence-electron chi connectivity index (χ3n) is 4.37. The van der Waals surface area contributed by atoms with Crippen molar-refractivity contribution in [1.29, 1.82) is 5.26 Å². The predicted molar refractivity (Wildman–Crippen MR) is 112 cm³/mol. The van der Waals surface area contributed by atoms with Gasteiger partial charge in [-0.15, -0.1) is 0 Å². The third-order valence-corrected chi connectivity index (χ3v) is 4.37. The fourth-order valence-electron chi connectivity index (χ4n) is 2.60. The van der Waals surface area contributed by atoms with Crippen molar-refractivity contribution in [2.75, 3.05) is 10.6 Å². The molecule has 0 aliphatic carbocycles. The van der Waals surface area contributed by atoms with E-state index in [4.69, 9.17) is 10.00 Å². The smallest absolute Gasteiger partial charge is 0.421 e. The number of benzene rings is 2. The molecule has 2 N–H and O–H groups in total. The number of nitriles is 1. The molecule has 160 valence electrons. The molecule has 1 aromatic heterocycles. The van der Waals surface area contributed by atoms with E-state index < -0.39 is 11.7 Å². The van der Waals surface area contributed by atoms with Crippen LogP contribution in [0.3, 0.4) is 0 Å². The minimum absolute atomic E-state index is 0.0211. The quantitative estimate of drug-likeness (QED) is 0.479. The summed E-state index contributed by atoms with van der Waals surface area (Å²) in [5, 5.41) is 14.4. The molecular weight excluding hydrogens is 407 g/mol. The summed E-state index contributed by atoms with van der Waals surface area (Å²) in [7, 11) is 0. The molecule has 6 nitrogen and oxygen atoms in total. The largest absolute Gasteiger partial charge is 0.491 e. The maximum Gasteiger partial charge on any atom is 0.421 e. The Morgan fingerprint density at radius 2 is 1.84 bits per heavy atom. The van der Waals surface area contributed by atoms with Crippen LogP contribution in [0.1, 0.15) is 31.4 Å². The van der Waals surface area contributed by atoms with Crippen LogP contribution < -0.4 is 15.4 Å². The van der Waals surface area contributed by atoms with Crippen molar-refractivity contribution < 1.29 is 17.9 Å². The van der Waals surface area contributed by atoms with Gasteiger partial charge in [0.1, 0.15) is 17.1 Å². The normalized spacial score (nSPS) is 12.0. The highest BCUT2D eigenvalue weighted by Crippen LogP contribution is 2.35. The molecule has 0 radical (unpaired) electrons. The van der Waals surface area contributed by atoms with Gasteiger partial charge in [0.15, 0.2) is 0 Å². The number of nitrogens with zero attached hydrogens (tertiary/aromatic N) is 3. The minimum Gasteiger partial charge on any atom is -0.491 e. The molecule has 3 aromatic rings. The highest BCUT2D eigenvalue weighted by atomic mass is 19.4. The first-order chi connectivity index (χ1) is 14.8. The average molecular weight is 427 g/mol. The van der Waals surface area contributed by atoms with E-state index in [0.29, 0.717) is 22.7 Å². The molecule has 31 heavy (non-hydrogen) atoms. The van der Waals surface area contributed by atoms with Crippen LogP contribution in [0.5, 0.6) is 5.75 Å². The Hall–Kier alpha value is -3.80. The molecule has 1 heterocycles. The Labute approximate surface area is 177 Å². The number of rotatable bonds is 7. The Morgan fingerprint density at radius 3 is 2.48 bits per heavy atom. The monoisotopic (exact) mass is 427 g/mol. The van der Waals surface area contributed by atoms with Crippen LogP contribution in [-0.2, 0) is 6.18 Å². The lowest BCUT2D eigenvalue weighted by molar-refractivity contribution is -0.137. The summed E-state index contributed by atoms with van der Waals surface area (Å²) in [5.74, 6) is 0.129. The molecule has 1 atom stereocenters. The van der Waals surface area contributed by atoms with E-state index in [0.717, 1.165) is 12.6 Å². The van der Waals surface area contributed by atoms with E-state index in [-0.39, 0.29) is 17.9 Å². The van der Waals surface area contributed by atoms with Gasteiger partial charge in [-0.25, -0.2) is 4.98 Å². The molecule has 1 unspecified atom stereocenters. The van der Waals surface area contributed by atoms with Crippen LogP contribution in [0.15, 0.2) is 54.7 Å². The lowest BCUT2D eigenvalue weighted by atomic mass is 10.2. The lowest BCUT2D eigenvalue weighted by Crippen LogP contribution is -2.13. The van der Waals surface area contributed by atoms with Gasteiger partial charge in [0, 0.05) is 23.6 Å². The Bertz CT molecular complexity index is 1080. The highest BCUT2D eigenvalue weighted by molar-refractivity contribution is 5.64. The summed E-state index contributed by atoms with van der Waals surface area (Å²) in [6.07, 6.45) is -3.14. The maximum atomic E-state index is 13.5. The van der Waals surface area contributed by atoms with E-state index in [1.807, 2.05) is 19.9 Å². The number of halogens is 3. The minimum atomic E-state index is -4.64. The summed E-state index contributed by atoms with van der Waals surface area (Å²) < 4.78 is 46.2. The number of nitrogens with one attached hydrogen (secondary N) is 2. The van der Waals surface area contributed by atoms with Gasteiger partial charge >= 0.3 is 6.18 Å². The van der Waals surface area contributed by atoms with Gasteiger partial charge in [0.05, 0.1) is 17.7 Å². The van der Waals surface area contributed by atoms with E-state index in [1.54, 1.807) is 48.5 Å². The summed E-state index contributed by atoms with van der Waals surface area (Å²) >= 11 is 0. The van der Waals surface area contributed by atoms with Gasteiger partial charge < -0.3 is 15.4 Å². The maximum absolute atomic E-state index is 13.5. The van der Waals surface area contributed by atoms with Gasteiger partial charge in [0.2, 0.25) is 5.95 Å². The summed E-state index contributed by atoms with van der Waals surface area (Å²) in [4.78, 5) is 7.80. The molecular formula is C22H20F3N5O. The average Bonchev–Trinajstić information content (AvgIpc) is 2.74. The van der Waals surface area contributed by atoms with Gasteiger partial charge in [-0.2, -0.15) is 23.4 Å². The molecule has 0 amide bonds. The molecule has 2 aromatic carbocycles. The summed E-state index contributed by atoms with van der Waals surface area (Å²) in [6, 6.07) is 15.0. The zero-order valence-electron chi connectivity index (χ0n) is 16.9. The molecule has 9 heteroatoms. The second-order valence-electron chi connectivity index (χ2n) is 6.76. The van der Waals surface area contributed by atoms with Crippen molar-refractivity contribution in [1.82, 2.24) is 9.97 Å². The molecule has 0 saturated heterocycles. The lowest BCUT2D eigenvalue weighted by Gasteiger charge is -2.16. The fraction of sp³-hybridized carbons (Fsp3) is 0.227. The van der Waals surface area contributed by atoms with Gasteiger partial charge in [-0.1, -0.05) is 13.0 Å². The van der Waals surface area contributed by atoms with Crippen LogP contribution >= 0.6 is 0 Å². The molecule has 0 bridgehead atoms. The van der Waals surface area contributed by atoms with Crippen molar-refractivity contribution in [2.24, 2.45) is 0 Å². The number of alkyl halides is 3. The van der Waals surface area contributed by atoms with Crippen molar-refractivity contribution in [3.05, 3.63) is 65.9 Å². The van der Waals surface area contributed by atoms with E-state index in [2.05, 4.69) is 20.6 Å². The summed E-state index contributed by atoms with van der Waals surface area (Å²) in [6.45, 7) is 3.89. The summed E-state index contributed by atoms with van der Waals surface area (Å²) in [5.41, 5.74) is 0.398. The SMILES string of the molecule is CCC(C)Oc1cccc(Nc2nc(Nc3ccc(C#N)cc3)ncc2C(F)(F)F)c1. The van der Waals surface area contributed by atoms with E-state index in [9.17, 15) is 13.2 Å². The predicted octanol–water partition coefficient (Wildman–Crippen LogP) is 6.03. The first kappa shape index (κ1) is 21.9. The van der Waals surface area contributed by atoms with Gasteiger partial charge in [-0.3, -0.25) is 0 Å². The van der Waals surface area contributed by atoms with Crippen LogP contribution in [-0.4, -0.2) is 16.1 Å². The second-order valence-corrected chi connectivity index (χ2v) is 6.76. The first-order valence-electron chi connectivity index (χ1n) is 9.53. The van der Waals surface area contributed by atoms with Crippen molar-refractivity contribution in [2.45, 2.75) is 32.5 Å². The number of anilines is 4. The second kappa shape index (κ2) is 9.34. The Kier molecular flexibility index (Phi) is 6.60. The van der Waals surface area contributed by atoms with Crippen LogP contribution in [0.4, 0.5) is 36.3 Å². The molecule has 0 spiro atoms. The topological polar surface area (TPSA) is 82.9 Å². The zero-order valence-corrected chi connectivity index (χ0v) is 16.9. The standard InChI is InChI=1S/C22H20F3N5O/c1-3-14(2)31-18-6-4-5-17(11-18)28-20-19(22(23,24)25)13-27-21(30-20)29-16-9-7-15(12-26)8-10-16/h4-11,13-14H,3H2,1-2H3,(H2,27,28,29,30). The zero-order chi connectivity index (χ0) is 22.4. The van der Waals surface area contributed by atoms with E-state index in [1.165, 1.54) is 0 Å². The molecule has 0 saturated carbocycles. The highest BCUT2D eigenvalue weighted by Gasteiger charge is 2.35.